The number of hydrogen-bond donors (Lipinski definition) is 3. The minimum Gasteiger partial charge on any atom is -0.312 e. The van der Waals surface area contributed by atoms with Gasteiger partial charge in [0.05, 0.1) is 5.52 Å². The van der Waals surface area contributed by atoms with Gasteiger partial charge in [-0.05, 0) is 94.5 Å². The van der Waals surface area contributed by atoms with Crippen molar-refractivity contribution in [1.29, 1.82) is 5.41 Å². The van der Waals surface area contributed by atoms with Crippen molar-refractivity contribution in [1.82, 2.24) is 15.6 Å². The zero-order chi connectivity index (χ0) is 33.3. The molecule has 0 saturated carbocycles. The van der Waals surface area contributed by atoms with Crippen molar-refractivity contribution < 1.29 is 0 Å². The average Bonchev–Trinajstić information content (AvgIpc) is 3.17. The van der Waals surface area contributed by atoms with Crippen LogP contribution in [0, 0.1) is 17.2 Å². The third kappa shape index (κ3) is 8.13. The summed E-state index contributed by atoms with van der Waals surface area (Å²) in [4.78, 5) is 4.80. The fourth-order valence-corrected chi connectivity index (χ4v) is 7.09. The smallest absolute Gasteiger partial charge is 0.0714 e. The normalized spacial score (nSPS) is 18.8. The van der Waals surface area contributed by atoms with Gasteiger partial charge in [0, 0.05) is 55.3 Å². The van der Waals surface area contributed by atoms with E-state index in [-0.39, 0.29) is 12.0 Å². The average molecular weight is 641 g/mol. The van der Waals surface area contributed by atoms with Crippen molar-refractivity contribution in [3.63, 3.8) is 0 Å². The van der Waals surface area contributed by atoms with Gasteiger partial charge in [0.1, 0.15) is 0 Å². The highest BCUT2D eigenvalue weighted by Crippen LogP contribution is 2.36. The van der Waals surface area contributed by atoms with Crippen molar-refractivity contribution in [2.45, 2.75) is 44.8 Å². The molecule has 3 N–H and O–H groups in total. The molecule has 0 amide bonds. The number of benzene rings is 3. The fourth-order valence-electron chi connectivity index (χ4n) is 7.09. The number of pyridine rings is 1. The van der Waals surface area contributed by atoms with Crippen molar-refractivity contribution >= 4 is 22.2 Å². The van der Waals surface area contributed by atoms with Gasteiger partial charge < -0.3 is 16.0 Å². The third-order valence-corrected chi connectivity index (χ3v) is 9.66. The first-order chi connectivity index (χ1) is 24.2. The first-order valence-corrected chi connectivity index (χ1v) is 17.6. The molecule has 4 heteroatoms. The van der Waals surface area contributed by atoms with Crippen LogP contribution in [0.2, 0.25) is 0 Å². The lowest BCUT2D eigenvalue weighted by atomic mass is 9.87. The lowest BCUT2D eigenvalue weighted by Gasteiger charge is -2.27. The standard InChI is InChI=1S/C45H44N4/c46-42(36-17-6-2-7-18-36)29-44(37-19-8-3-9-20-37)49-32-35-16-11-22-39(28-35)41-25-26-48-43-24-12-23-40(45(41)43)38-21-10-15-34(27-38)31-47-30-33-13-4-1-5-14-33/h1,3-6,8,10-15,17-28,35,37,44,46-47,49H,2,7,16,29-32H2. The lowest BCUT2D eigenvalue weighted by Crippen LogP contribution is -2.39. The number of nitrogens with zero attached hydrogens (tertiary/aromatic N) is 1. The highest BCUT2D eigenvalue weighted by molar-refractivity contribution is 6.03. The van der Waals surface area contributed by atoms with Gasteiger partial charge in [-0.3, -0.25) is 4.98 Å². The Morgan fingerprint density at radius 3 is 2.63 bits per heavy atom. The molecule has 0 fully saturated rings. The largest absolute Gasteiger partial charge is 0.312 e. The van der Waals surface area contributed by atoms with Crippen LogP contribution in [0.5, 0.6) is 0 Å². The molecule has 0 spiro atoms. The van der Waals surface area contributed by atoms with E-state index in [1.165, 1.54) is 38.8 Å². The quantitative estimate of drug-likeness (QED) is 0.101. The molecule has 1 heterocycles. The molecule has 0 radical (unpaired) electrons. The van der Waals surface area contributed by atoms with E-state index in [1.54, 1.807) is 0 Å². The van der Waals surface area contributed by atoms with Crippen molar-refractivity contribution in [2.24, 2.45) is 11.8 Å². The van der Waals surface area contributed by atoms with Crippen molar-refractivity contribution in [2.75, 3.05) is 6.54 Å². The Hall–Kier alpha value is -5.12. The monoisotopic (exact) mass is 640 g/mol. The molecular formula is C45H44N4. The summed E-state index contributed by atoms with van der Waals surface area (Å²) in [6.45, 7) is 2.49. The summed E-state index contributed by atoms with van der Waals surface area (Å²) in [5.41, 5.74) is 13.5. The van der Waals surface area contributed by atoms with Gasteiger partial charge in [0.15, 0.2) is 0 Å². The third-order valence-electron chi connectivity index (χ3n) is 9.66. The van der Waals surface area contributed by atoms with Crippen LogP contribution in [-0.2, 0) is 13.1 Å². The van der Waals surface area contributed by atoms with E-state index in [0.717, 1.165) is 50.0 Å². The summed E-state index contributed by atoms with van der Waals surface area (Å²) in [5, 5.41) is 17.6. The first kappa shape index (κ1) is 32.4. The highest BCUT2D eigenvalue weighted by atomic mass is 14.9. The predicted octanol–water partition coefficient (Wildman–Crippen LogP) is 9.69. The molecule has 3 aliphatic rings. The van der Waals surface area contributed by atoms with E-state index in [4.69, 9.17) is 10.4 Å². The van der Waals surface area contributed by atoms with Gasteiger partial charge in [0.2, 0.25) is 0 Å². The Labute approximate surface area is 290 Å². The second-order valence-corrected chi connectivity index (χ2v) is 13.2. The Morgan fingerprint density at radius 1 is 0.898 bits per heavy atom. The lowest BCUT2D eigenvalue weighted by molar-refractivity contribution is 0.434. The first-order valence-electron chi connectivity index (χ1n) is 17.6. The van der Waals surface area contributed by atoms with Crippen molar-refractivity contribution in [3.8, 4) is 11.1 Å². The topological polar surface area (TPSA) is 60.8 Å². The van der Waals surface area contributed by atoms with Crippen LogP contribution in [-0.4, -0.2) is 23.3 Å². The van der Waals surface area contributed by atoms with Crippen LogP contribution in [0.4, 0.5) is 0 Å². The molecule has 3 atom stereocenters. The van der Waals surface area contributed by atoms with Gasteiger partial charge in [-0.1, -0.05) is 109 Å². The van der Waals surface area contributed by atoms with E-state index in [2.05, 4.69) is 150 Å². The summed E-state index contributed by atoms with van der Waals surface area (Å²) in [5.74, 6) is 0.545. The zero-order valence-corrected chi connectivity index (χ0v) is 28.0. The van der Waals surface area contributed by atoms with Crippen LogP contribution >= 0.6 is 0 Å². The minimum absolute atomic E-state index is 0.131. The van der Waals surface area contributed by atoms with Gasteiger partial charge in [-0.2, -0.15) is 0 Å². The number of hydrogen-bond acceptors (Lipinski definition) is 4. The van der Waals surface area contributed by atoms with E-state index >= 15 is 0 Å². The Morgan fingerprint density at radius 2 is 1.78 bits per heavy atom. The van der Waals surface area contributed by atoms with Gasteiger partial charge >= 0.3 is 0 Å². The highest BCUT2D eigenvalue weighted by Gasteiger charge is 2.23. The maximum atomic E-state index is 8.89. The Kier molecular flexibility index (Phi) is 10.5. The number of aromatic nitrogens is 1. The molecule has 0 aliphatic heterocycles. The van der Waals surface area contributed by atoms with Crippen LogP contribution in [0.15, 0.2) is 157 Å². The minimum atomic E-state index is 0.131. The van der Waals surface area contributed by atoms with Gasteiger partial charge in [-0.15, -0.1) is 5.73 Å². The number of fused-ring (bicyclic) bond motifs is 1. The molecule has 49 heavy (non-hydrogen) atoms. The molecule has 1 aromatic heterocycles. The number of rotatable bonds is 13. The predicted molar refractivity (Wildman–Crippen MR) is 205 cm³/mol. The Bertz CT molecular complexity index is 2010. The molecule has 4 aromatic rings. The summed E-state index contributed by atoms with van der Waals surface area (Å²) in [6, 6.07) is 28.2. The van der Waals surface area contributed by atoms with E-state index in [0.29, 0.717) is 18.1 Å². The van der Waals surface area contributed by atoms with Gasteiger partial charge in [0.25, 0.3) is 0 Å². The molecule has 0 saturated heterocycles. The van der Waals surface area contributed by atoms with Crippen LogP contribution in [0.3, 0.4) is 0 Å². The summed E-state index contributed by atoms with van der Waals surface area (Å²) >= 11 is 0. The maximum absolute atomic E-state index is 8.89. The fraction of sp³-hybridized carbons (Fsp3) is 0.222. The molecule has 3 aliphatic carbocycles. The molecule has 3 aromatic carbocycles. The molecular weight excluding hydrogens is 597 g/mol. The maximum Gasteiger partial charge on any atom is 0.0714 e. The molecule has 3 unspecified atom stereocenters. The molecule has 244 valence electrons. The number of allylic oxidation sites excluding steroid dienone is 8. The van der Waals surface area contributed by atoms with E-state index in [1.807, 2.05) is 12.3 Å². The molecule has 7 rings (SSSR count). The second kappa shape index (κ2) is 15.9. The second-order valence-electron chi connectivity index (χ2n) is 13.2. The summed E-state index contributed by atoms with van der Waals surface area (Å²) in [7, 11) is 0. The van der Waals surface area contributed by atoms with E-state index in [9.17, 15) is 0 Å². The molecule has 4 nitrogen and oxygen atoms in total. The van der Waals surface area contributed by atoms with Gasteiger partial charge in [-0.25, -0.2) is 0 Å². The zero-order valence-electron chi connectivity index (χ0n) is 28.0. The summed E-state index contributed by atoms with van der Waals surface area (Å²) < 4.78 is 0. The van der Waals surface area contributed by atoms with Crippen LogP contribution in [0.1, 0.15) is 42.4 Å². The Balaban J connectivity index is 1.11. The summed E-state index contributed by atoms with van der Waals surface area (Å²) in [6.07, 6.45) is 27.6. The molecule has 0 bridgehead atoms. The number of nitrogens with one attached hydrogen (secondary N) is 3. The van der Waals surface area contributed by atoms with Crippen molar-refractivity contribution in [3.05, 3.63) is 174 Å². The van der Waals surface area contributed by atoms with Crippen LogP contribution < -0.4 is 10.6 Å². The SMILES string of the molecule is N=C(CC(NCC1C=C(c2ccnc3cccc(-c4cccc(CNCc5ccccc5)c4)c23)C=CC1)C1C=C=CC=C1)C1=CCCC=C1. The van der Waals surface area contributed by atoms with Crippen LogP contribution in [0.25, 0.3) is 27.6 Å². The van der Waals surface area contributed by atoms with E-state index < -0.39 is 0 Å².